The maximum Gasteiger partial charge on any atom is 0.529 e. The first-order valence-corrected chi connectivity index (χ1v) is 5.61. The second kappa shape index (κ2) is 7.12. The maximum atomic E-state index is 10.6. The van der Waals surface area contributed by atoms with Crippen LogP contribution < -0.4 is 0 Å². The Balaban J connectivity index is 0.000000222. The van der Waals surface area contributed by atoms with Gasteiger partial charge in [-0.05, 0) is 11.1 Å². The van der Waals surface area contributed by atoms with Gasteiger partial charge in [0.1, 0.15) is 0 Å². The van der Waals surface area contributed by atoms with E-state index in [-0.39, 0.29) is 0 Å². The van der Waals surface area contributed by atoms with E-state index in [4.69, 9.17) is 0 Å². The Kier molecular flexibility index (Phi) is 5.78. The average molecular weight is 308 g/mol. The lowest BCUT2D eigenvalue weighted by Crippen LogP contribution is -2.25. The fourth-order valence-electron chi connectivity index (χ4n) is 1.39. The van der Waals surface area contributed by atoms with Crippen molar-refractivity contribution in [1.82, 2.24) is 0 Å². The molecule has 0 fully saturated rings. The van der Waals surface area contributed by atoms with Crippen molar-refractivity contribution in [3.05, 3.63) is 60.7 Å². The molecule has 2 aromatic rings. The van der Waals surface area contributed by atoms with Crippen LogP contribution in [0.25, 0.3) is 11.1 Å². The van der Waals surface area contributed by atoms with Crippen LogP contribution in [0.3, 0.4) is 0 Å². The predicted octanol–water partition coefficient (Wildman–Crippen LogP) is 5.40. The smallest absolute Gasteiger partial charge is 0.196 e. The van der Waals surface area contributed by atoms with Gasteiger partial charge in [0.25, 0.3) is 0 Å². The van der Waals surface area contributed by atoms with Crippen LogP contribution in [-0.4, -0.2) is 12.7 Å². The fourth-order valence-corrected chi connectivity index (χ4v) is 1.39. The summed E-state index contributed by atoms with van der Waals surface area (Å²) in [6.07, 6.45) is -11.3. The number of hydrogen-bond donors (Lipinski definition) is 0. The van der Waals surface area contributed by atoms with Gasteiger partial charge in [0, 0.05) is 0 Å². The van der Waals surface area contributed by atoms with Crippen molar-refractivity contribution in [2.75, 3.05) is 0 Å². The van der Waals surface area contributed by atoms with E-state index in [1.54, 1.807) is 4.74 Å². The summed E-state index contributed by atoms with van der Waals surface area (Å²) in [5.74, 6) is 0. The van der Waals surface area contributed by atoms with E-state index in [0.717, 1.165) is 0 Å². The van der Waals surface area contributed by atoms with Gasteiger partial charge in [0.2, 0.25) is 0 Å². The van der Waals surface area contributed by atoms with Crippen molar-refractivity contribution in [3.63, 3.8) is 0 Å². The first-order valence-electron chi connectivity index (χ1n) is 5.61. The van der Waals surface area contributed by atoms with Crippen molar-refractivity contribution in [2.24, 2.45) is 0 Å². The minimum atomic E-state index is -5.64. The van der Waals surface area contributed by atoms with Crippen molar-refractivity contribution in [1.29, 1.82) is 0 Å². The van der Waals surface area contributed by atoms with Gasteiger partial charge >= 0.3 is 12.7 Å². The summed E-state index contributed by atoms with van der Waals surface area (Å²) >= 11 is 0. The SMILES string of the molecule is FC(F)(F)OC(F)(F)F.c1ccc(-c2ccccc2)cc1. The zero-order valence-electron chi connectivity index (χ0n) is 10.4. The third-order valence-electron chi connectivity index (χ3n) is 2.11. The van der Waals surface area contributed by atoms with Gasteiger partial charge in [0.05, 0.1) is 0 Å². The van der Waals surface area contributed by atoms with Crippen LogP contribution in [0.15, 0.2) is 60.7 Å². The summed E-state index contributed by atoms with van der Waals surface area (Å²) in [6, 6.07) is 20.8. The Hall–Kier alpha value is -2.02. The van der Waals surface area contributed by atoms with E-state index in [9.17, 15) is 26.3 Å². The summed E-state index contributed by atoms with van der Waals surface area (Å²) in [7, 11) is 0. The first-order chi connectivity index (χ1) is 9.67. The molecule has 0 amide bonds. The van der Waals surface area contributed by atoms with E-state index < -0.39 is 12.7 Å². The Bertz CT molecular complexity index is 469. The van der Waals surface area contributed by atoms with Crippen LogP contribution in [-0.2, 0) is 4.74 Å². The van der Waals surface area contributed by atoms with Crippen molar-refractivity contribution in [2.45, 2.75) is 12.7 Å². The maximum absolute atomic E-state index is 10.6. The molecule has 0 aliphatic heterocycles. The van der Waals surface area contributed by atoms with E-state index in [1.807, 2.05) is 12.1 Å². The zero-order valence-corrected chi connectivity index (χ0v) is 10.4. The number of hydrogen-bond acceptors (Lipinski definition) is 1. The molecule has 0 saturated heterocycles. The van der Waals surface area contributed by atoms with Crippen LogP contribution in [0.5, 0.6) is 0 Å². The highest BCUT2D eigenvalue weighted by atomic mass is 19.4. The quantitative estimate of drug-likeness (QED) is 0.641. The fraction of sp³-hybridized carbons (Fsp3) is 0.143. The second-order valence-electron chi connectivity index (χ2n) is 3.73. The highest BCUT2D eigenvalue weighted by molar-refractivity contribution is 5.62. The Labute approximate surface area is 116 Å². The molecule has 1 nitrogen and oxygen atoms in total. The van der Waals surface area contributed by atoms with E-state index in [2.05, 4.69) is 48.5 Å². The summed E-state index contributed by atoms with van der Waals surface area (Å²) in [6.45, 7) is 0. The number of alkyl halides is 6. The molecule has 21 heavy (non-hydrogen) atoms. The molecule has 0 heterocycles. The third-order valence-corrected chi connectivity index (χ3v) is 2.11. The molecule has 0 radical (unpaired) electrons. The van der Waals surface area contributed by atoms with Crippen LogP contribution in [0, 0.1) is 0 Å². The van der Waals surface area contributed by atoms with E-state index in [0.29, 0.717) is 0 Å². The molecule has 114 valence electrons. The molecule has 0 spiro atoms. The average Bonchev–Trinajstić information content (AvgIpc) is 2.37. The first kappa shape index (κ1) is 17.0. The van der Waals surface area contributed by atoms with Gasteiger partial charge in [-0.15, -0.1) is 26.3 Å². The Morgan fingerprint density at radius 2 is 0.810 bits per heavy atom. The molecular weight excluding hydrogens is 298 g/mol. The molecule has 0 N–H and O–H groups in total. The molecule has 0 saturated carbocycles. The number of halogens is 6. The summed E-state index contributed by atoms with van der Waals surface area (Å²) in [4.78, 5) is 0. The predicted molar refractivity (Wildman–Crippen MR) is 65.1 cm³/mol. The molecule has 2 rings (SSSR count). The monoisotopic (exact) mass is 308 g/mol. The molecule has 0 aliphatic carbocycles. The Morgan fingerprint density at radius 1 is 0.524 bits per heavy atom. The molecule has 7 heteroatoms. The van der Waals surface area contributed by atoms with Gasteiger partial charge < -0.3 is 0 Å². The Morgan fingerprint density at radius 3 is 1.00 bits per heavy atom. The molecule has 2 aromatic carbocycles. The van der Waals surface area contributed by atoms with Gasteiger partial charge in [-0.2, -0.15) is 4.74 Å². The van der Waals surface area contributed by atoms with Gasteiger partial charge in [-0.25, -0.2) is 0 Å². The van der Waals surface area contributed by atoms with Gasteiger partial charge in [0.15, 0.2) is 0 Å². The van der Waals surface area contributed by atoms with Crippen LogP contribution in [0.1, 0.15) is 0 Å². The lowest BCUT2D eigenvalue weighted by atomic mass is 10.1. The van der Waals surface area contributed by atoms with Gasteiger partial charge in [-0.3, -0.25) is 0 Å². The minimum absolute atomic E-state index is 1.28. The molecule has 0 aliphatic rings. The van der Waals surface area contributed by atoms with Crippen LogP contribution in [0.2, 0.25) is 0 Å². The summed E-state index contributed by atoms with van der Waals surface area (Å²) in [5.41, 5.74) is 2.55. The molecule has 0 atom stereocenters. The molecular formula is C14H10F6O. The van der Waals surface area contributed by atoms with Crippen LogP contribution in [0.4, 0.5) is 26.3 Å². The standard InChI is InChI=1S/C12H10.C2F6O/c1-3-7-11(8-4-1)12-9-5-2-6-10-12;3-1(4,5)9-2(6,7)8/h1-10H;. The number of benzene rings is 2. The largest absolute Gasteiger partial charge is 0.529 e. The van der Waals surface area contributed by atoms with Crippen LogP contribution >= 0.6 is 0 Å². The highest BCUT2D eigenvalue weighted by Crippen LogP contribution is 2.28. The molecule has 0 bridgehead atoms. The highest BCUT2D eigenvalue weighted by Gasteiger charge is 2.45. The lowest BCUT2D eigenvalue weighted by molar-refractivity contribution is -0.463. The number of ether oxygens (including phenoxy) is 1. The summed E-state index contributed by atoms with van der Waals surface area (Å²) in [5, 5.41) is 0. The molecule has 0 unspecified atom stereocenters. The molecule has 0 aromatic heterocycles. The second-order valence-corrected chi connectivity index (χ2v) is 3.73. The third kappa shape index (κ3) is 7.98. The van der Waals surface area contributed by atoms with Gasteiger partial charge in [-0.1, -0.05) is 60.7 Å². The normalized spacial score (nSPS) is 11.5. The van der Waals surface area contributed by atoms with E-state index >= 15 is 0 Å². The lowest BCUT2D eigenvalue weighted by Gasteiger charge is -2.08. The van der Waals surface area contributed by atoms with Crippen molar-refractivity contribution < 1.29 is 31.1 Å². The van der Waals surface area contributed by atoms with Crippen molar-refractivity contribution >= 4 is 0 Å². The zero-order chi connectivity index (χ0) is 15.9. The minimum Gasteiger partial charge on any atom is -0.196 e. The number of rotatable bonds is 1. The van der Waals surface area contributed by atoms with E-state index in [1.165, 1.54) is 11.1 Å². The summed E-state index contributed by atoms with van der Waals surface area (Å²) < 4.78 is 65.3. The topological polar surface area (TPSA) is 9.23 Å². The van der Waals surface area contributed by atoms with Crippen molar-refractivity contribution in [3.8, 4) is 11.1 Å².